The summed E-state index contributed by atoms with van der Waals surface area (Å²) in [4.78, 5) is 0. The zero-order valence-electron chi connectivity index (χ0n) is 11.0. The Hall–Kier alpha value is -0.570. The van der Waals surface area contributed by atoms with Gasteiger partial charge in [0.2, 0.25) is 0 Å². The van der Waals surface area contributed by atoms with Crippen molar-refractivity contribution in [2.75, 3.05) is 6.54 Å². The number of benzene rings is 1. The molecule has 0 bridgehead atoms. The lowest BCUT2D eigenvalue weighted by Gasteiger charge is -2.35. The summed E-state index contributed by atoms with van der Waals surface area (Å²) in [6.07, 6.45) is 5.89. The minimum absolute atomic E-state index is 0.200. The molecule has 0 radical (unpaired) electrons. The number of nitrogens with one attached hydrogen (secondary N) is 1. The fourth-order valence-corrected chi connectivity index (χ4v) is 2.78. The van der Waals surface area contributed by atoms with Gasteiger partial charge >= 0.3 is 0 Å². The monoisotopic (exact) mass is 267 g/mol. The van der Waals surface area contributed by atoms with Crippen LogP contribution in [0.3, 0.4) is 0 Å². The fourth-order valence-electron chi connectivity index (χ4n) is 2.65. The van der Waals surface area contributed by atoms with E-state index in [1.54, 1.807) is 0 Å². The summed E-state index contributed by atoms with van der Waals surface area (Å²) in [6.45, 7) is 2.87. The first-order chi connectivity index (χ1) is 8.59. The third-order valence-electron chi connectivity index (χ3n) is 3.93. The van der Waals surface area contributed by atoms with E-state index in [1.807, 2.05) is 24.3 Å². The number of hydrogen-bond donors (Lipinski definition) is 2. The lowest BCUT2D eigenvalue weighted by Crippen LogP contribution is -2.45. The second kappa shape index (κ2) is 6.05. The molecule has 1 aromatic carbocycles. The van der Waals surface area contributed by atoms with Crippen LogP contribution in [0.1, 0.15) is 50.7 Å². The van der Waals surface area contributed by atoms with Crippen molar-refractivity contribution in [1.82, 2.24) is 5.32 Å². The van der Waals surface area contributed by atoms with E-state index >= 15 is 0 Å². The molecular weight excluding hydrogens is 246 g/mol. The van der Waals surface area contributed by atoms with Crippen molar-refractivity contribution < 1.29 is 5.11 Å². The molecule has 2 nitrogen and oxygen atoms in total. The third kappa shape index (κ3) is 3.71. The maximum atomic E-state index is 10.2. The van der Waals surface area contributed by atoms with Gasteiger partial charge in [0.05, 0.1) is 6.10 Å². The Kier molecular flexibility index (Phi) is 4.66. The summed E-state index contributed by atoms with van der Waals surface area (Å²) in [6, 6.07) is 7.42. The van der Waals surface area contributed by atoms with Gasteiger partial charge in [0.25, 0.3) is 0 Å². The van der Waals surface area contributed by atoms with Crippen LogP contribution >= 0.6 is 11.6 Å². The molecule has 1 aliphatic carbocycles. The van der Waals surface area contributed by atoms with E-state index in [2.05, 4.69) is 12.2 Å². The van der Waals surface area contributed by atoms with E-state index in [9.17, 15) is 5.11 Å². The highest BCUT2D eigenvalue weighted by Crippen LogP contribution is 2.28. The van der Waals surface area contributed by atoms with E-state index in [0.29, 0.717) is 11.6 Å². The molecule has 100 valence electrons. The van der Waals surface area contributed by atoms with Crippen molar-refractivity contribution in [2.45, 2.75) is 50.7 Å². The van der Waals surface area contributed by atoms with Crippen LogP contribution in [0, 0.1) is 0 Å². The van der Waals surface area contributed by atoms with Crippen molar-refractivity contribution in [3.63, 3.8) is 0 Å². The van der Waals surface area contributed by atoms with E-state index in [-0.39, 0.29) is 5.54 Å². The Morgan fingerprint density at radius 1 is 1.22 bits per heavy atom. The van der Waals surface area contributed by atoms with Gasteiger partial charge in [-0.2, -0.15) is 0 Å². The maximum absolute atomic E-state index is 10.2. The van der Waals surface area contributed by atoms with Gasteiger partial charge in [0.15, 0.2) is 0 Å². The van der Waals surface area contributed by atoms with Gasteiger partial charge in [-0.25, -0.2) is 0 Å². The van der Waals surface area contributed by atoms with Gasteiger partial charge in [0, 0.05) is 17.1 Å². The summed E-state index contributed by atoms with van der Waals surface area (Å²) in [7, 11) is 0. The van der Waals surface area contributed by atoms with Crippen LogP contribution in [0.2, 0.25) is 5.02 Å². The second-order valence-electron chi connectivity index (χ2n) is 5.57. The van der Waals surface area contributed by atoms with Gasteiger partial charge in [-0.05, 0) is 37.5 Å². The Balaban J connectivity index is 1.87. The number of aliphatic hydroxyl groups excluding tert-OH is 1. The molecule has 0 amide bonds. The van der Waals surface area contributed by atoms with Crippen LogP contribution in [0.15, 0.2) is 24.3 Å². The molecule has 1 aliphatic rings. The van der Waals surface area contributed by atoms with Crippen molar-refractivity contribution in [2.24, 2.45) is 0 Å². The standard InChI is InChI=1S/C15H22ClNO/c1-15(9-3-2-4-10-15)17-11-14(18)12-5-7-13(16)8-6-12/h5-8,14,17-18H,2-4,9-11H2,1H3. The molecule has 3 heteroatoms. The first kappa shape index (κ1) is 13.9. The molecule has 18 heavy (non-hydrogen) atoms. The van der Waals surface area contributed by atoms with Crippen molar-refractivity contribution in [1.29, 1.82) is 0 Å². The number of hydrogen-bond acceptors (Lipinski definition) is 2. The number of aliphatic hydroxyl groups is 1. The smallest absolute Gasteiger partial charge is 0.0914 e. The minimum atomic E-state index is -0.457. The SMILES string of the molecule is CC1(NCC(O)c2ccc(Cl)cc2)CCCCC1. The molecule has 2 rings (SSSR count). The van der Waals surface area contributed by atoms with E-state index in [4.69, 9.17) is 11.6 Å². The predicted molar refractivity (Wildman–Crippen MR) is 75.9 cm³/mol. The van der Waals surface area contributed by atoms with Gasteiger partial charge in [-0.15, -0.1) is 0 Å². The highest BCUT2D eigenvalue weighted by Gasteiger charge is 2.26. The lowest BCUT2D eigenvalue weighted by atomic mass is 9.83. The number of rotatable bonds is 4. The van der Waals surface area contributed by atoms with Crippen LogP contribution in [0.4, 0.5) is 0 Å². The summed E-state index contributed by atoms with van der Waals surface area (Å²) in [5, 5.41) is 14.4. The Morgan fingerprint density at radius 2 is 1.83 bits per heavy atom. The zero-order chi connectivity index (χ0) is 13.0. The summed E-state index contributed by atoms with van der Waals surface area (Å²) in [5.41, 5.74) is 1.12. The molecule has 2 N–H and O–H groups in total. The molecule has 0 spiro atoms. The summed E-state index contributed by atoms with van der Waals surface area (Å²) >= 11 is 5.84. The van der Waals surface area contributed by atoms with Crippen molar-refractivity contribution >= 4 is 11.6 Å². The minimum Gasteiger partial charge on any atom is -0.387 e. The van der Waals surface area contributed by atoms with Gasteiger partial charge in [0.1, 0.15) is 0 Å². The van der Waals surface area contributed by atoms with Crippen LogP contribution in [0.5, 0.6) is 0 Å². The molecule has 1 atom stereocenters. The third-order valence-corrected chi connectivity index (χ3v) is 4.19. The van der Waals surface area contributed by atoms with E-state index < -0.39 is 6.10 Å². The van der Waals surface area contributed by atoms with Crippen LogP contribution in [0.25, 0.3) is 0 Å². The van der Waals surface area contributed by atoms with Crippen LogP contribution < -0.4 is 5.32 Å². The largest absolute Gasteiger partial charge is 0.387 e. The molecule has 1 unspecified atom stereocenters. The number of β-amino-alcohol motifs (C(OH)–C–C–N with tert-alkyl or cyclic N) is 1. The first-order valence-corrected chi connectivity index (χ1v) is 7.15. The fraction of sp³-hybridized carbons (Fsp3) is 0.600. The average Bonchev–Trinajstić information content (AvgIpc) is 2.38. The highest BCUT2D eigenvalue weighted by molar-refractivity contribution is 6.30. The second-order valence-corrected chi connectivity index (χ2v) is 6.01. The van der Waals surface area contributed by atoms with Gasteiger partial charge in [-0.1, -0.05) is 43.0 Å². The first-order valence-electron chi connectivity index (χ1n) is 6.78. The highest BCUT2D eigenvalue weighted by atomic mass is 35.5. The van der Waals surface area contributed by atoms with Crippen LogP contribution in [-0.4, -0.2) is 17.2 Å². The van der Waals surface area contributed by atoms with Gasteiger partial charge < -0.3 is 10.4 Å². The summed E-state index contributed by atoms with van der Waals surface area (Å²) < 4.78 is 0. The Bertz CT molecular complexity index is 371. The Labute approximate surface area is 114 Å². The van der Waals surface area contributed by atoms with Crippen molar-refractivity contribution in [3.8, 4) is 0 Å². The quantitative estimate of drug-likeness (QED) is 0.872. The lowest BCUT2D eigenvalue weighted by molar-refractivity contribution is 0.146. The molecule has 0 aliphatic heterocycles. The van der Waals surface area contributed by atoms with E-state index in [0.717, 1.165) is 5.56 Å². The molecule has 1 saturated carbocycles. The Morgan fingerprint density at radius 3 is 2.44 bits per heavy atom. The predicted octanol–water partition coefficient (Wildman–Crippen LogP) is 3.69. The van der Waals surface area contributed by atoms with Crippen LogP contribution in [-0.2, 0) is 0 Å². The molecular formula is C15H22ClNO. The topological polar surface area (TPSA) is 32.3 Å². The normalized spacial score (nSPS) is 20.6. The average molecular weight is 268 g/mol. The molecule has 0 heterocycles. The molecule has 1 aromatic rings. The molecule has 0 saturated heterocycles. The molecule has 1 fully saturated rings. The number of halogens is 1. The van der Waals surface area contributed by atoms with Gasteiger partial charge in [-0.3, -0.25) is 0 Å². The maximum Gasteiger partial charge on any atom is 0.0914 e. The molecule has 0 aromatic heterocycles. The zero-order valence-corrected chi connectivity index (χ0v) is 11.7. The van der Waals surface area contributed by atoms with Crippen molar-refractivity contribution in [3.05, 3.63) is 34.9 Å². The van der Waals surface area contributed by atoms with E-state index in [1.165, 1.54) is 32.1 Å². The summed E-state index contributed by atoms with van der Waals surface area (Å²) in [5.74, 6) is 0.